The van der Waals surface area contributed by atoms with Crippen LogP contribution in [-0.4, -0.2) is 5.91 Å². The van der Waals surface area contributed by atoms with E-state index in [9.17, 15) is 4.79 Å². The Morgan fingerprint density at radius 1 is 1.25 bits per heavy atom. The predicted octanol–water partition coefficient (Wildman–Crippen LogP) is 2.43. The van der Waals surface area contributed by atoms with Crippen LogP contribution >= 0.6 is 11.3 Å². The monoisotopic (exact) mass is 233 g/mol. The molecule has 0 saturated heterocycles. The van der Waals surface area contributed by atoms with E-state index in [4.69, 9.17) is 10.5 Å². The first-order valence-electron chi connectivity index (χ1n) is 4.81. The highest BCUT2D eigenvalue weighted by Gasteiger charge is 2.00. The van der Waals surface area contributed by atoms with Crippen molar-refractivity contribution < 1.29 is 9.53 Å². The van der Waals surface area contributed by atoms with Gasteiger partial charge >= 0.3 is 0 Å². The molecule has 2 N–H and O–H groups in total. The number of benzene rings is 1. The van der Waals surface area contributed by atoms with E-state index in [0.29, 0.717) is 12.2 Å². The summed E-state index contributed by atoms with van der Waals surface area (Å²) in [5.74, 6) is 0.309. The highest BCUT2D eigenvalue weighted by Crippen LogP contribution is 2.16. The summed E-state index contributed by atoms with van der Waals surface area (Å²) in [4.78, 5) is 12.0. The third kappa shape index (κ3) is 2.61. The lowest BCUT2D eigenvalue weighted by atomic mass is 10.2. The first-order valence-corrected chi connectivity index (χ1v) is 5.69. The van der Waals surface area contributed by atoms with Crippen LogP contribution < -0.4 is 10.5 Å². The van der Waals surface area contributed by atoms with Crippen LogP contribution in [0.15, 0.2) is 41.8 Å². The van der Waals surface area contributed by atoms with E-state index < -0.39 is 5.91 Å². The molecule has 82 valence electrons. The van der Waals surface area contributed by atoms with Crippen LogP contribution in [0.1, 0.15) is 15.2 Å². The molecule has 0 aliphatic carbocycles. The largest absolute Gasteiger partial charge is 0.488 e. The van der Waals surface area contributed by atoms with Gasteiger partial charge in [0, 0.05) is 10.4 Å². The van der Waals surface area contributed by atoms with Gasteiger partial charge in [-0.15, -0.1) is 11.3 Å². The number of ether oxygens (including phenoxy) is 1. The molecule has 0 radical (unpaired) electrons. The standard InChI is InChI=1S/C12H11NO2S/c13-12(14)9-3-5-10(6-4-9)15-8-11-2-1-7-16-11/h1-7H,8H2,(H2,13,14). The van der Waals surface area contributed by atoms with Crippen LogP contribution in [0.3, 0.4) is 0 Å². The molecule has 1 amide bonds. The zero-order valence-corrected chi connectivity index (χ0v) is 9.37. The SMILES string of the molecule is NC(=O)c1ccc(OCc2cccs2)cc1. The topological polar surface area (TPSA) is 52.3 Å². The molecule has 0 atom stereocenters. The summed E-state index contributed by atoms with van der Waals surface area (Å²) < 4.78 is 5.54. The van der Waals surface area contributed by atoms with E-state index in [2.05, 4.69) is 0 Å². The maximum absolute atomic E-state index is 10.8. The Hall–Kier alpha value is -1.81. The molecule has 0 saturated carbocycles. The van der Waals surface area contributed by atoms with Gasteiger partial charge in [-0.3, -0.25) is 4.79 Å². The normalized spacial score (nSPS) is 10.0. The maximum atomic E-state index is 10.8. The van der Waals surface area contributed by atoms with Crippen molar-refractivity contribution in [3.8, 4) is 5.75 Å². The highest BCUT2D eigenvalue weighted by molar-refractivity contribution is 7.09. The van der Waals surface area contributed by atoms with E-state index in [1.807, 2.05) is 17.5 Å². The van der Waals surface area contributed by atoms with Crippen molar-refractivity contribution >= 4 is 17.2 Å². The van der Waals surface area contributed by atoms with Gasteiger partial charge < -0.3 is 10.5 Å². The van der Waals surface area contributed by atoms with Crippen LogP contribution in [0.4, 0.5) is 0 Å². The Balaban J connectivity index is 1.98. The van der Waals surface area contributed by atoms with Crippen molar-refractivity contribution in [3.05, 3.63) is 52.2 Å². The van der Waals surface area contributed by atoms with E-state index in [1.54, 1.807) is 35.6 Å². The van der Waals surface area contributed by atoms with Crippen molar-refractivity contribution in [2.24, 2.45) is 5.73 Å². The summed E-state index contributed by atoms with van der Waals surface area (Å²) in [6.07, 6.45) is 0. The molecule has 1 aromatic carbocycles. The molecule has 0 unspecified atom stereocenters. The smallest absolute Gasteiger partial charge is 0.248 e. The summed E-state index contributed by atoms with van der Waals surface area (Å²) in [5, 5.41) is 2.01. The number of amides is 1. The first-order chi connectivity index (χ1) is 7.75. The van der Waals surface area contributed by atoms with Crippen LogP contribution in [-0.2, 0) is 6.61 Å². The fourth-order valence-electron chi connectivity index (χ4n) is 1.26. The number of primary amides is 1. The van der Waals surface area contributed by atoms with Gasteiger partial charge in [-0.1, -0.05) is 6.07 Å². The number of carbonyl (C=O) groups excluding carboxylic acids is 1. The highest BCUT2D eigenvalue weighted by atomic mass is 32.1. The van der Waals surface area contributed by atoms with Gasteiger partial charge in [0.1, 0.15) is 12.4 Å². The molecular weight excluding hydrogens is 222 g/mol. The fraction of sp³-hybridized carbons (Fsp3) is 0.0833. The van der Waals surface area contributed by atoms with E-state index >= 15 is 0 Å². The molecule has 1 heterocycles. The Bertz CT molecular complexity index is 462. The number of rotatable bonds is 4. The molecule has 0 bridgehead atoms. The van der Waals surface area contributed by atoms with Gasteiger partial charge in [0.2, 0.25) is 5.91 Å². The zero-order valence-electron chi connectivity index (χ0n) is 8.55. The lowest BCUT2D eigenvalue weighted by molar-refractivity contribution is 0.100. The third-order valence-electron chi connectivity index (χ3n) is 2.10. The maximum Gasteiger partial charge on any atom is 0.248 e. The molecule has 0 aliphatic heterocycles. The summed E-state index contributed by atoms with van der Waals surface area (Å²) in [6.45, 7) is 0.549. The lowest BCUT2D eigenvalue weighted by Gasteiger charge is -2.04. The average molecular weight is 233 g/mol. The molecule has 2 aromatic rings. The second kappa shape index (κ2) is 4.81. The van der Waals surface area contributed by atoms with E-state index in [1.165, 1.54) is 4.88 Å². The minimum atomic E-state index is -0.426. The fourth-order valence-corrected chi connectivity index (χ4v) is 1.88. The molecule has 0 fully saturated rings. The molecule has 2 rings (SSSR count). The average Bonchev–Trinajstić information content (AvgIpc) is 2.80. The summed E-state index contributed by atoms with van der Waals surface area (Å²) in [6, 6.07) is 10.8. The Labute approximate surface area is 97.5 Å². The van der Waals surface area contributed by atoms with Gasteiger partial charge in [-0.25, -0.2) is 0 Å². The van der Waals surface area contributed by atoms with Crippen molar-refractivity contribution in [1.29, 1.82) is 0 Å². The van der Waals surface area contributed by atoms with E-state index in [-0.39, 0.29) is 0 Å². The summed E-state index contributed by atoms with van der Waals surface area (Å²) in [7, 11) is 0. The van der Waals surface area contributed by atoms with E-state index in [0.717, 1.165) is 5.75 Å². The van der Waals surface area contributed by atoms with Crippen LogP contribution in [0.5, 0.6) is 5.75 Å². The number of thiophene rings is 1. The van der Waals surface area contributed by atoms with Crippen molar-refractivity contribution in [3.63, 3.8) is 0 Å². The van der Waals surface area contributed by atoms with Crippen LogP contribution in [0.2, 0.25) is 0 Å². The Morgan fingerprint density at radius 2 is 2.00 bits per heavy atom. The molecule has 0 aliphatic rings. The molecule has 0 spiro atoms. The molecular formula is C12H11NO2S. The number of carbonyl (C=O) groups is 1. The van der Waals surface area contributed by atoms with Crippen molar-refractivity contribution in [1.82, 2.24) is 0 Å². The van der Waals surface area contributed by atoms with Gasteiger partial charge in [0.25, 0.3) is 0 Å². The zero-order chi connectivity index (χ0) is 11.4. The minimum absolute atomic E-state index is 0.426. The summed E-state index contributed by atoms with van der Waals surface area (Å²) >= 11 is 1.65. The van der Waals surface area contributed by atoms with Crippen LogP contribution in [0.25, 0.3) is 0 Å². The van der Waals surface area contributed by atoms with Crippen LogP contribution in [0, 0.1) is 0 Å². The number of hydrogen-bond donors (Lipinski definition) is 1. The molecule has 4 heteroatoms. The molecule has 16 heavy (non-hydrogen) atoms. The molecule has 3 nitrogen and oxygen atoms in total. The second-order valence-corrected chi connectivity index (χ2v) is 4.29. The van der Waals surface area contributed by atoms with Crippen molar-refractivity contribution in [2.75, 3.05) is 0 Å². The summed E-state index contributed by atoms with van der Waals surface area (Å²) in [5.41, 5.74) is 5.63. The third-order valence-corrected chi connectivity index (χ3v) is 2.95. The lowest BCUT2D eigenvalue weighted by Crippen LogP contribution is -2.10. The number of nitrogens with two attached hydrogens (primary N) is 1. The first kappa shape index (κ1) is 10.7. The van der Waals surface area contributed by atoms with Gasteiger partial charge in [0.05, 0.1) is 0 Å². The van der Waals surface area contributed by atoms with Gasteiger partial charge in [0.15, 0.2) is 0 Å². The van der Waals surface area contributed by atoms with Gasteiger partial charge in [-0.05, 0) is 35.7 Å². The van der Waals surface area contributed by atoms with Gasteiger partial charge in [-0.2, -0.15) is 0 Å². The Morgan fingerprint density at radius 3 is 2.56 bits per heavy atom. The minimum Gasteiger partial charge on any atom is -0.488 e. The Kier molecular flexibility index (Phi) is 3.22. The van der Waals surface area contributed by atoms with Crippen molar-refractivity contribution in [2.45, 2.75) is 6.61 Å². The second-order valence-electron chi connectivity index (χ2n) is 3.26. The quantitative estimate of drug-likeness (QED) is 0.881. The number of hydrogen-bond acceptors (Lipinski definition) is 3. The molecule has 1 aromatic heterocycles. The predicted molar refractivity (Wildman–Crippen MR) is 63.6 cm³/mol.